The number of hydrogen-bond donors (Lipinski definition) is 4. The molecule has 5 N–H and O–H groups in total. The van der Waals surface area contributed by atoms with Gasteiger partial charge in [-0.3, -0.25) is 4.79 Å². The molecule has 2 aliphatic heterocycles. The van der Waals surface area contributed by atoms with Gasteiger partial charge in [0.2, 0.25) is 0 Å². The topological polar surface area (TPSA) is 105 Å². The summed E-state index contributed by atoms with van der Waals surface area (Å²) in [5, 5.41) is 20.8. The Labute approximate surface area is 183 Å². The van der Waals surface area contributed by atoms with E-state index in [0.29, 0.717) is 35.4 Å². The van der Waals surface area contributed by atoms with Crippen LogP contribution in [0.1, 0.15) is 47.2 Å². The maximum Gasteiger partial charge on any atom is 0.252 e. The zero-order valence-corrected chi connectivity index (χ0v) is 17.6. The van der Waals surface area contributed by atoms with Gasteiger partial charge in [-0.25, -0.2) is 0 Å². The molecule has 1 amide bonds. The number of carbonyl (C=O) groups is 1. The molecule has 1 aromatic rings. The van der Waals surface area contributed by atoms with Gasteiger partial charge >= 0.3 is 0 Å². The van der Waals surface area contributed by atoms with Crippen molar-refractivity contribution in [2.24, 2.45) is 11.7 Å². The van der Waals surface area contributed by atoms with Gasteiger partial charge in [0.1, 0.15) is 12.4 Å². The van der Waals surface area contributed by atoms with Crippen molar-refractivity contribution in [2.45, 2.75) is 38.1 Å². The molecular formula is C25H30N2O4. The molecule has 6 heteroatoms. The van der Waals surface area contributed by atoms with E-state index in [2.05, 4.69) is 47.7 Å². The molecule has 0 radical (unpaired) electrons. The second-order valence-corrected chi connectivity index (χ2v) is 7.68. The van der Waals surface area contributed by atoms with E-state index in [0.717, 1.165) is 37.7 Å². The lowest BCUT2D eigenvalue weighted by Crippen LogP contribution is -2.25. The standard InChI is InChI=1S/C14H15NO3.C11H15NO/c15-14(17)12-9-10(4-3-6-16)8-11-5-1-2-7-18-13(11)12;13-7-3-4-9-8-12-11-6-2-1-5-10(9)11/h8-9,16H,1-2,5-7H2,(H2,15,17);1-2,5-6,8,10-13H,3-4,7H2. The van der Waals surface area contributed by atoms with Crippen LogP contribution in [-0.4, -0.2) is 42.0 Å². The van der Waals surface area contributed by atoms with E-state index in [9.17, 15) is 4.79 Å². The molecule has 6 nitrogen and oxygen atoms in total. The van der Waals surface area contributed by atoms with Crippen LogP contribution >= 0.6 is 0 Å². The zero-order valence-electron chi connectivity index (χ0n) is 17.6. The van der Waals surface area contributed by atoms with E-state index in [1.165, 1.54) is 5.57 Å². The van der Waals surface area contributed by atoms with Gasteiger partial charge in [0.15, 0.2) is 0 Å². The van der Waals surface area contributed by atoms with Gasteiger partial charge < -0.3 is 26.0 Å². The number of aliphatic hydroxyl groups is 2. The predicted molar refractivity (Wildman–Crippen MR) is 120 cm³/mol. The lowest BCUT2D eigenvalue weighted by Gasteiger charge is -2.18. The van der Waals surface area contributed by atoms with Crippen molar-refractivity contribution < 1.29 is 19.7 Å². The lowest BCUT2D eigenvalue weighted by atomic mass is 9.89. The Morgan fingerprint density at radius 2 is 2.06 bits per heavy atom. The van der Waals surface area contributed by atoms with Crippen molar-refractivity contribution in [3.05, 3.63) is 64.9 Å². The fourth-order valence-corrected chi connectivity index (χ4v) is 3.98. The molecule has 1 aromatic carbocycles. The molecule has 4 rings (SSSR count). The Balaban J connectivity index is 0.000000185. The number of aliphatic hydroxyl groups excluding tert-OH is 2. The first-order valence-electron chi connectivity index (χ1n) is 10.7. The molecule has 0 fully saturated rings. The number of fused-ring (bicyclic) bond motifs is 2. The Hall–Kier alpha value is -3.01. The minimum Gasteiger partial charge on any atom is -0.492 e. The van der Waals surface area contributed by atoms with Crippen LogP contribution in [0.3, 0.4) is 0 Å². The van der Waals surface area contributed by atoms with Gasteiger partial charge in [0.25, 0.3) is 5.91 Å². The molecule has 0 spiro atoms. The van der Waals surface area contributed by atoms with Crippen molar-refractivity contribution in [2.75, 3.05) is 19.8 Å². The Morgan fingerprint density at radius 1 is 1.23 bits per heavy atom. The van der Waals surface area contributed by atoms with Crippen LogP contribution in [0.15, 0.2) is 48.2 Å². The van der Waals surface area contributed by atoms with Gasteiger partial charge in [-0.1, -0.05) is 36.1 Å². The minimum absolute atomic E-state index is 0.209. The number of nitrogens with one attached hydrogen (secondary N) is 1. The van der Waals surface area contributed by atoms with Crippen molar-refractivity contribution in [3.8, 4) is 17.6 Å². The summed E-state index contributed by atoms with van der Waals surface area (Å²) in [7, 11) is 0. The Kier molecular flexibility index (Phi) is 8.34. The van der Waals surface area contributed by atoms with Crippen molar-refractivity contribution in [1.82, 2.24) is 5.32 Å². The van der Waals surface area contributed by atoms with Crippen LogP contribution in [-0.2, 0) is 6.42 Å². The molecule has 2 heterocycles. The second-order valence-electron chi connectivity index (χ2n) is 7.68. The number of primary amides is 1. The number of rotatable bonds is 4. The summed E-state index contributed by atoms with van der Waals surface area (Å²) in [6.07, 6.45) is 15.4. The maximum atomic E-state index is 11.5. The molecule has 3 aliphatic rings. The van der Waals surface area contributed by atoms with Gasteiger partial charge in [-0.15, -0.1) is 0 Å². The number of amides is 1. The molecule has 1 aliphatic carbocycles. The Bertz CT molecular complexity index is 937. The average Bonchev–Trinajstić information content (AvgIpc) is 3.04. The molecule has 0 saturated heterocycles. The number of nitrogens with two attached hydrogens (primary N) is 1. The van der Waals surface area contributed by atoms with E-state index < -0.39 is 5.91 Å². The number of allylic oxidation sites excluding steroid dienone is 2. The third-order valence-corrected chi connectivity index (χ3v) is 5.48. The number of aryl methyl sites for hydroxylation is 1. The highest BCUT2D eigenvalue weighted by Crippen LogP contribution is 2.30. The number of benzene rings is 1. The fourth-order valence-electron chi connectivity index (χ4n) is 3.98. The highest BCUT2D eigenvalue weighted by atomic mass is 16.5. The molecule has 0 bridgehead atoms. The van der Waals surface area contributed by atoms with Gasteiger partial charge in [0.05, 0.1) is 18.2 Å². The van der Waals surface area contributed by atoms with E-state index in [1.54, 1.807) is 6.07 Å². The molecule has 0 saturated carbocycles. The molecule has 31 heavy (non-hydrogen) atoms. The number of ether oxygens (including phenoxy) is 1. The first-order chi connectivity index (χ1) is 15.1. The molecule has 164 valence electrons. The zero-order chi connectivity index (χ0) is 22.1. The summed E-state index contributed by atoms with van der Waals surface area (Å²) in [5.74, 6) is 5.97. The highest BCUT2D eigenvalue weighted by molar-refractivity contribution is 5.96. The van der Waals surface area contributed by atoms with Gasteiger partial charge in [0, 0.05) is 18.1 Å². The molecule has 0 aromatic heterocycles. The van der Waals surface area contributed by atoms with E-state index in [1.807, 2.05) is 6.07 Å². The van der Waals surface area contributed by atoms with Crippen LogP contribution in [0, 0.1) is 17.8 Å². The summed E-state index contributed by atoms with van der Waals surface area (Å²) in [4.78, 5) is 11.5. The van der Waals surface area contributed by atoms with Crippen molar-refractivity contribution >= 4 is 5.91 Å². The van der Waals surface area contributed by atoms with Crippen LogP contribution in [0.25, 0.3) is 0 Å². The molecule has 2 atom stereocenters. The van der Waals surface area contributed by atoms with Crippen molar-refractivity contribution in [1.29, 1.82) is 0 Å². The van der Waals surface area contributed by atoms with E-state index in [-0.39, 0.29) is 13.2 Å². The van der Waals surface area contributed by atoms with E-state index >= 15 is 0 Å². The summed E-state index contributed by atoms with van der Waals surface area (Å²) < 4.78 is 5.60. The molecule has 2 unspecified atom stereocenters. The van der Waals surface area contributed by atoms with E-state index in [4.69, 9.17) is 20.7 Å². The quantitative estimate of drug-likeness (QED) is 0.557. The molecular weight excluding hydrogens is 392 g/mol. The van der Waals surface area contributed by atoms with Crippen LogP contribution < -0.4 is 15.8 Å². The largest absolute Gasteiger partial charge is 0.492 e. The first kappa shape index (κ1) is 22.7. The lowest BCUT2D eigenvalue weighted by molar-refractivity contribution is 0.0996. The number of hydrogen-bond acceptors (Lipinski definition) is 5. The monoisotopic (exact) mass is 422 g/mol. The van der Waals surface area contributed by atoms with Crippen LogP contribution in [0.5, 0.6) is 5.75 Å². The van der Waals surface area contributed by atoms with Gasteiger partial charge in [-0.2, -0.15) is 0 Å². The van der Waals surface area contributed by atoms with Crippen molar-refractivity contribution in [3.63, 3.8) is 0 Å². The predicted octanol–water partition coefficient (Wildman–Crippen LogP) is 2.20. The normalized spacial score (nSPS) is 20.4. The SMILES string of the molecule is NC(=O)c1cc(C#CCO)cc2c1OCCCC2.OCCCC1=CNC2C=CC=CC12. The van der Waals surface area contributed by atoms with Crippen LogP contribution in [0.2, 0.25) is 0 Å². The summed E-state index contributed by atoms with van der Waals surface area (Å²) in [6.45, 7) is 0.683. The number of carbonyl (C=O) groups excluding carboxylic acids is 1. The average molecular weight is 423 g/mol. The summed E-state index contributed by atoms with van der Waals surface area (Å²) in [6, 6.07) is 3.98. The summed E-state index contributed by atoms with van der Waals surface area (Å²) in [5.41, 5.74) is 8.80. The fraction of sp³-hybridized carbons (Fsp3) is 0.400. The van der Waals surface area contributed by atoms with Gasteiger partial charge in [-0.05, 0) is 61.6 Å². The first-order valence-corrected chi connectivity index (χ1v) is 10.7. The second kappa shape index (κ2) is 11.4. The highest BCUT2D eigenvalue weighted by Gasteiger charge is 2.25. The minimum atomic E-state index is -0.513. The van der Waals surface area contributed by atoms with Crippen LogP contribution in [0.4, 0.5) is 0 Å². The Morgan fingerprint density at radius 3 is 2.84 bits per heavy atom. The smallest absolute Gasteiger partial charge is 0.252 e. The third-order valence-electron chi connectivity index (χ3n) is 5.48. The third kappa shape index (κ3) is 6.00. The summed E-state index contributed by atoms with van der Waals surface area (Å²) >= 11 is 0. The maximum absolute atomic E-state index is 11.5.